The summed E-state index contributed by atoms with van der Waals surface area (Å²) in [5, 5.41) is 10.4. The zero-order valence-corrected chi connectivity index (χ0v) is 13.4. The SMILES string of the molecule is CSC1=N[C@H](C(=O)OC(C)(C)C)C[C@](C)(CO)N1C. The van der Waals surface area contributed by atoms with Gasteiger partial charge in [0, 0.05) is 13.5 Å². The summed E-state index contributed by atoms with van der Waals surface area (Å²) in [6, 6.07) is -0.546. The smallest absolute Gasteiger partial charge is 0.331 e. The summed E-state index contributed by atoms with van der Waals surface area (Å²) in [4.78, 5) is 18.5. The summed E-state index contributed by atoms with van der Waals surface area (Å²) in [5.41, 5.74) is -1.01. The lowest BCUT2D eigenvalue weighted by molar-refractivity contribution is -0.157. The molecule has 1 N–H and O–H groups in total. The van der Waals surface area contributed by atoms with Gasteiger partial charge < -0.3 is 14.7 Å². The molecule has 0 aliphatic carbocycles. The topological polar surface area (TPSA) is 62.1 Å². The van der Waals surface area contributed by atoms with Crippen LogP contribution in [-0.2, 0) is 9.53 Å². The van der Waals surface area contributed by atoms with Crippen molar-refractivity contribution in [2.24, 2.45) is 4.99 Å². The van der Waals surface area contributed by atoms with E-state index in [0.29, 0.717) is 6.42 Å². The van der Waals surface area contributed by atoms with Crippen molar-refractivity contribution in [1.29, 1.82) is 0 Å². The third-order valence-corrected chi connectivity index (χ3v) is 3.94. The molecule has 0 unspecified atom stereocenters. The number of ether oxygens (including phenoxy) is 1. The van der Waals surface area contributed by atoms with Crippen LogP contribution < -0.4 is 0 Å². The normalized spacial score (nSPS) is 28.1. The molecule has 0 saturated heterocycles. The van der Waals surface area contributed by atoms with Gasteiger partial charge in [-0.15, -0.1) is 0 Å². The highest BCUT2D eigenvalue weighted by atomic mass is 32.2. The largest absolute Gasteiger partial charge is 0.458 e. The Morgan fingerprint density at radius 3 is 2.63 bits per heavy atom. The maximum Gasteiger partial charge on any atom is 0.331 e. The molecule has 1 aliphatic rings. The third-order valence-electron chi connectivity index (χ3n) is 3.20. The van der Waals surface area contributed by atoms with Gasteiger partial charge in [0.25, 0.3) is 0 Å². The predicted molar refractivity (Wildman–Crippen MR) is 78.5 cm³/mol. The van der Waals surface area contributed by atoms with Crippen molar-refractivity contribution in [1.82, 2.24) is 4.90 Å². The molecule has 5 nitrogen and oxygen atoms in total. The fourth-order valence-corrected chi connectivity index (χ4v) is 2.64. The molecule has 0 aromatic rings. The molecule has 1 aliphatic heterocycles. The molecule has 0 saturated carbocycles. The Bertz CT molecular complexity index is 379. The first kappa shape index (κ1) is 16.3. The highest BCUT2D eigenvalue weighted by Crippen LogP contribution is 2.30. The molecule has 19 heavy (non-hydrogen) atoms. The Morgan fingerprint density at radius 1 is 1.63 bits per heavy atom. The summed E-state index contributed by atoms with van der Waals surface area (Å²) in [5.74, 6) is -0.327. The van der Waals surface area contributed by atoms with E-state index in [1.54, 1.807) is 0 Å². The van der Waals surface area contributed by atoms with Gasteiger partial charge in [0.15, 0.2) is 11.2 Å². The molecule has 1 rings (SSSR count). The number of aliphatic hydroxyl groups excluding tert-OH is 1. The molecule has 0 aromatic carbocycles. The zero-order chi connectivity index (χ0) is 14.8. The Balaban J connectivity index is 2.97. The highest BCUT2D eigenvalue weighted by molar-refractivity contribution is 8.13. The van der Waals surface area contributed by atoms with Gasteiger partial charge in [-0.3, -0.25) is 0 Å². The van der Waals surface area contributed by atoms with Crippen LogP contribution in [0.4, 0.5) is 0 Å². The zero-order valence-electron chi connectivity index (χ0n) is 12.6. The van der Waals surface area contributed by atoms with Crippen LogP contribution in [-0.4, -0.2) is 58.2 Å². The number of hydrogen-bond acceptors (Lipinski definition) is 6. The van der Waals surface area contributed by atoms with Gasteiger partial charge in [0.2, 0.25) is 0 Å². The van der Waals surface area contributed by atoms with Gasteiger partial charge in [-0.25, -0.2) is 9.79 Å². The monoisotopic (exact) mass is 288 g/mol. The lowest BCUT2D eigenvalue weighted by Gasteiger charge is -2.43. The first-order valence-electron chi connectivity index (χ1n) is 6.32. The lowest BCUT2D eigenvalue weighted by Crippen LogP contribution is -2.55. The second kappa shape index (κ2) is 5.71. The van der Waals surface area contributed by atoms with Crippen LogP contribution >= 0.6 is 11.8 Å². The van der Waals surface area contributed by atoms with Gasteiger partial charge in [-0.05, 0) is 34.0 Å². The standard InChI is InChI=1S/C13H24N2O3S/c1-12(2,3)18-10(17)9-7-13(4,8-16)15(5)11(14-9)19-6/h9,16H,7-8H2,1-6H3/t9-,13+/m0/s1. The van der Waals surface area contributed by atoms with Crippen molar-refractivity contribution in [3.8, 4) is 0 Å². The Kier molecular flexibility index (Phi) is 4.90. The fourth-order valence-electron chi connectivity index (χ4n) is 1.92. The van der Waals surface area contributed by atoms with E-state index >= 15 is 0 Å². The number of esters is 1. The maximum atomic E-state index is 12.1. The van der Waals surface area contributed by atoms with Gasteiger partial charge in [0.05, 0.1) is 12.1 Å². The minimum atomic E-state index is -0.546. The molecule has 2 atom stereocenters. The maximum absolute atomic E-state index is 12.1. The fraction of sp³-hybridized carbons (Fsp3) is 0.846. The number of aliphatic imine (C=N–C) groups is 1. The number of nitrogens with zero attached hydrogens (tertiary/aromatic N) is 2. The number of amidine groups is 1. The van der Waals surface area contributed by atoms with Crippen LogP contribution in [0.3, 0.4) is 0 Å². The molecule has 0 bridgehead atoms. The quantitative estimate of drug-likeness (QED) is 0.780. The summed E-state index contributed by atoms with van der Waals surface area (Å²) in [6.45, 7) is 7.41. The second-order valence-corrected chi connectivity index (χ2v) is 6.86. The average molecular weight is 288 g/mol. The lowest BCUT2D eigenvalue weighted by atomic mass is 9.91. The third kappa shape index (κ3) is 3.86. The van der Waals surface area contributed by atoms with E-state index in [1.807, 2.05) is 45.9 Å². The van der Waals surface area contributed by atoms with Gasteiger partial charge in [0.1, 0.15) is 5.60 Å². The van der Waals surface area contributed by atoms with Crippen molar-refractivity contribution >= 4 is 22.9 Å². The predicted octanol–water partition coefficient (Wildman–Crippen LogP) is 1.50. The van der Waals surface area contributed by atoms with E-state index in [1.165, 1.54) is 11.8 Å². The highest BCUT2D eigenvalue weighted by Gasteiger charge is 2.41. The van der Waals surface area contributed by atoms with E-state index < -0.39 is 17.2 Å². The second-order valence-electron chi connectivity index (χ2n) is 6.08. The number of rotatable bonds is 2. The van der Waals surface area contributed by atoms with Crippen molar-refractivity contribution in [3.05, 3.63) is 0 Å². The van der Waals surface area contributed by atoms with Crippen LogP contribution in [0.15, 0.2) is 4.99 Å². The number of likely N-dealkylation sites (N-methyl/N-ethyl adjacent to an activating group) is 1. The molecule has 0 radical (unpaired) electrons. The van der Waals surface area contributed by atoms with E-state index in [2.05, 4.69) is 4.99 Å². The molecule has 1 heterocycles. The summed E-state index contributed by atoms with van der Waals surface area (Å²) >= 11 is 1.47. The number of carbonyl (C=O) groups is 1. The van der Waals surface area contributed by atoms with Crippen LogP contribution in [0.5, 0.6) is 0 Å². The average Bonchev–Trinajstić information content (AvgIpc) is 2.30. The number of hydrogen-bond donors (Lipinski definition) is 1. The Hall–Kier alpha value is -0.750. The molecule has 0 fully saturated rings. The van der Waals surface area contributed by atoms with E-state index in [-0.39, 0.29) is 12.6 Å². The Labute approximate surface area is 119 Å². The molecule has 110 valence electrons. The van der Waals surface area contributed by atoms with Crippen molar-refractivity contribution in [3.63, 3.8) is 0 Å². The molecular weight excluding hydrogens is 264 g/mol. The first-order valence-corrected chi connectivity index (χ1v) is 7.55. The molecule has 6 heteroatoms. The molecule has 0 amide bonds. The summed E-state index contributed by atoms with van der Waals surface area (Å²) in [7, 11) is 1.89. The minimum Gasteiger partial charge on any atom is -0.458 e. The van der Waals surface area contributed by atoms with E-state index in [4.69, 9.17) is 4.74 Å². The van der Waals surface area contributed by atoms with Gasteiger partial charge in [-0.2, -0.15) is 0 Å². The van der Waals surface area contributed by atoms with Gasteiger partial charge in [-0.1, -0.05) is 11.8 Å². The molecule has 0 spiro atoms. The summed E-state index contributed by atoms with van der Waals surface area (Å²) < 4.78 is 5.39. The summed E-state index contributed by atoms with van der Waals surface area (Å²) in [6.07, 6.45) is 2.36. The van der Waals surface area contributed by atoms with E-state index in [0.717, 1.165) is 5.17 Å². The van der Waals surface area contributed by atoms with Crippen molar-refractivity contribution < 1.29 is 14.6 Å². The minimum absolute atomic E-state index is 0.0254. The van der Waals surface area contributed by atoms with Crippen molar-refractivity contribution in [2.75, 3.05) is 19.9 Å². The van der Waals surface area contributed by atoms with Crippen LogP contribution in [0.1, 0.15) is 34.1 Å². The van der Waals surface area contributed by atoms with Gasteiger partial charge >= 0.3 is 5.97 Å². The number of thioether (sulfide) groups is 1. The van der Waals surface area contributed by atoms with Crippen LogP contribution in [0.25, 0.3) is 0 Å². The van der Waals surface area contributed by atoms with Crippen LogP contribution in [0.2, 0.25) is 0 Å². The number of carbonyl (C=O) groups excluding carboxylic acids is 1. The van der Waals surface area contributed by atoms with Crippen LogP contribution in [0, 0.1) is 0 Å². The van der Waals surface area contributed by atoms with E-state index in [9.17, 15) is 9.90 Å². The molecular formula is C13H24N2O3S. The first-order chi connectivity index (χ1) is 8.63. The molecule has 0 aromatic heterocycles. The Morgan fingerprint density at radius 2 is 2.21 bits per heavy atom. The number of aliphatic hydroxyl groups is 1. The van der Waals surface area contributed by atoms with Crippen molar-refractivity contribution in [2.45, 2.75) is 51.3 Å².